The first-order valence-electron chi connectivity index (χ1n) is 8.39. The number of nitrogens with one attached hydrogen (secondary N) is 1. The molecule has 0 saturated carbocycles. The number of hydrogen-bond acceptors (Lipinski definition) is 6. The van der Waals surface area contributed by atoms with Crippen LogP contribution >= 0.6 is 0 Å². The molecule has 0 spiro atoms. The van der Waals surface area contributed by atoms with Crippen LogP contribution in [0.2, 0.25) is 0 Å². The molecule has 1 heterocycles. The van der Waals surface area contributed by atoms with Crippen LogP contribution in [0.15, 0.2) is 42.0 Å². The van der Waals surface area contributed by atoms with E-state index < -0.39 is 28.2 Å². The molecule has 2 aromatic carbocycles. The molecule has 28 heavy (non-hydrogen) atoms. The molecule has 2 amide bonds. The largest absolute Gasteiger partial charge is 0.500 e. The van der Waals surface area contributed by atoms with Crippen LogP contribution in [0.4, 0.5) is 11.4 Å². The number of anilines is 1. The number of aryl methyl sites for hydroxylation is 1. The Morgan fingerprint density at radius 1 is 1.29 bits per heavy atom. The highest BCUT2D eigenvalue weighted by molar-refractivity contribution is 6.31. The molecule has 1 fully saturated rings. The van der Waals surface area contributed by atoms with Gasteiger partial charge in [0, 0.05) is 6.07 Å². The van der Waals surface area contributed by atoms with Gasteiger partial charge in [0.1, 0.15) is 5.57 Å². The van der Waals surface area contributed by atoms with Crippen molar-refractivity contribution in [1.82, 2.24) is 5.43 Å². The third-order valence-electron chi connectivity index (χ3n) is 4.04. The van der Waals surface area contributed by atoms with E-state index >= 15 is 0 Å². The summed E-state index contributed by atoms with van der Waals surface area (Å²) in [6.45, 7) is 3.68. The fraction of sp³-hybridized carbons (Fsp3) is 0.158. The van der Waals surface area contributed by atoms with Gasteiger partial charge in [0.15, 0.2) is 5.75 Å². The number of benzene rings is 2. The molecule has 0 aliphatic carbocycles. The molecule has 0 radical (unpaired) electrons. The zero-order valence-electron chi connectivity index (χ0n) is 15.1. The lowest BCUT2D eigenvalue weighted by atomic mass is 10.1. The predicted molar refractivity (Wildman–Crippen MR) is 101 cm³/mol. The standard InChI is InChI=1S/C19H17N3O6/c1-3-28-16-10-12(9-15(17(16)23)22(26)27)8-14-18(24)20-21(19(14)25)13-6-4-5-11(2)7-13/h4-10,23H,3H2,1-2H3,(H,20,24). The van der Waals surface area contributed by atoms with E-state index in [0.717, 1.165) is 16.6 Å². The SMILES string of the molecule is CCOc1cc(C=C2C(=O)NN(c3cccc(C)c3)C2=O)cc([N+](=O)[O-])c1O. The van der Waals surface area contributed by atoms with E-state index in [0.29, 0.717) is 5.69 Å². The summed E-state index contributed by atoms with van der Waals surface area (Å²) < 4.78 is 5.21. The summed E-state index contributed by atoms with van der Waals surface area (Å²) in [7, 11) is 0. The highest BCUT2D eigenvalue weighted by atomic mass is 16.6. The normalized spacial score (nSPS) is 15.1. The van der Waals surface area contributed by atoms with Crippen LogP contribution in [0.1, 0.15) is 18.1 Å². The van der Waals surface area contributed by atoms with Crippen molar-refractivity contribution in [2.75, 3.05) is 11.6 Å². The highest BCUT2D eigenvalue weighted by Gasteiger charge is 2.34. The van der Waals surface area contributed by atoms with E-state index in [1.807, 2.05) is 13.0 Å². The topological polar surface area (TPSA) is 122 Å². The van der Waals surface area contributed by atoms with E-state index in [1.54, 1.807) is 25.1 Å². The minimum absolute atomic E-state index is 0.107. The number of carbonyl (C=O) groups excluding carboxylic acids is 2. The zero-order chi connectivity index (χ0) is 20.4. The summed E-state index contributed by atoms with van der Waals surface area (Å²) in [5.74, 6) is -1.95. The number of rotatable bonds is 5. The zero-order valence-corrected chi connectivity index (χ0v) is 15.1. The van der Waals surface area contributed by atoms with Gasteiger partial charge in [0.2, 0.25) is 5.75 Å². The monoisotopic (exact) mass is 383 g/mol. The van der Waals surface area contributed by atoms with Gasteiger partial charge in [-0.2, -0.15) is 0 Å². The lowest BCUT2D eigenvalue weighted by Gasteiger charge is -2.14. The Balaban J connectivity index is 2.02. The van der Waals surface area contributed by atoms with Gasteiger partial charge in [-0.25, -0.2) is 5.01 Å². The number of hydrogen-bond donors (Lipinski definition) is 2. The summed E-state index contributed by atoms with van der Waals surface area (Å²) >= 11 is 0. The minimum atomic E-state index is -0.768. The van der Waals surface area contributed by atoms with Crippen LogP contribution in [0, 0.1) is 17.0 Å². The Labute approximate surface area is 160 Å². The van der Waals surface area contributed by atoms with Crippen molar-refractivity contribution in [2.24, 2.45) is 0 Å². The van der Waals surface area contributed by atoms with E-state index in [9.17, 15) is 24.8 Å². The smallest absolute Gasteiger partial charge is 0.315 e. The quantitative estimate of drug-likeness (QED) is 0.354. The van der Waals surface area contributed by atoms with Crippen LogP contribution in [0.25, 0.3) is 6.08 Å². The Bertz CT molecular complexity index is 1010. The third-order valence-corrected chi connectivity index (χ3v) is 4.04. The summed E-state index contributed by atoms with van der Waals surface area (Å²) in [5, 5.41) is 22.2. The predicted octanol–water partition coefficient (Wildman–Crippen LogP) is 2.47. The number of amides is 2. The molecule has 144 valence electrons. The van der Waals surface area contributed by atoms with E-state index in [4.69, 9.17) is 4.74 Å². The van der Waals surface area contributed by atoms with Gasteiger partial charge in [0.25, 0.3) is 11.8 Å². The summed E-state index contributed by atoms with van der Waals surface area (Å²) in [6.07, 6.45) is 1.22. The Kier molecular flexibility index (Phi) is 4.99. The Hall–Kier alpha value is -3.88. The minimum Gasteiger partial charge on any atom is -0.500 e. The van der Waals surface area contributed by atoms with Crippen molar-refractivity contribution in [1.29, 1.82) is 0 Å². The van der Waals surface area contributed by atoms with Crippen molar-refractivity contribution in [3.63, 3.8) is 0 Å². The Morgan fingerprint density at radius 2 is 2.04 bits per heavy atom. The maximum absolute atomic E-state index is 12.7. The highest BCUT2D eigenvalue weighted by Crippen LogP contribution is 2.38. The molecule has 1 aliphatic heterocycles. The molecule has 0 bridgehead atoms. The van der Waals surface area contributed by atoms with Crippen LogP contribution in [-0.4, -0.2) is 28.5 Å². The molecule has 2 N–H and O–H groups in total. The number of nitrogens with zero attached hydrogens (tertiary/aromatic N) is 2. The van der Waals surface area contributed by atoms with Crippen molar-refractivity contribution in [3.8, 4) is 11.5 Å². The number of phenols is 1. The maximum atomic E-state index is 12.7. The van der Waals surface area contributed by atoms with Crippen molar-refractivity contribution in [2.45, 2.75) is 13.8 Å². The fourth-order valence-corrected chi connectivity index (χ4v) is 2.77. The van der Waals surface area contributed by atoms with Gasteiger partial charge in [-0.1, -0.05) is 12.1 Å². The van der Waals surface area contributed by atoms with Crippen LogP contribution in [0.5, 0.6) is 11.5 Å². The first kappa shape index (κ1) is 18.9. The van der Waals surface area contributed by atoms with Crippen molar-refractivity contribution in [3.05, 3.63) is 63.2 Å². The number of phenolic OH excluding ortho intramolecular Hbond substituents is 1. The average Bonchev–Trinajstić information content (AvgIpc) is 2.92. The van der Waals surface area contributed by atoms with E-state index in [2.05, 4.69) is 5.43 Å². The van der Waals surface area contributed by atoms with Crippen LogP contribution in [0.3, 0.4) is 0 Å². The van der Waals surface area contributed by atoms with Crippen LogP contribution in [-0.2, 0) is 9.59 Å². The summed E-state index contributed by atoms with van der Waals surface area (Å²) in [5.41, 5.74) is 3.28. The number of nitro groups is 1. The number of aromatic hydroxyl groups is 1. The second-order valence-electron chi connectivity index (χ2n) is 6.06. The number of nitro benzene ring substituents is 1. The molecule has 9 nitrogen and oxygen atoms in total. The maximum Gasteiger partial charge on any atom is 0.315 e. The molecule has 9 heteroatoms. The third kappa shape index (κ3) is 3.50. The molecule has 1 aliphatic rings. The number of carbonyl (C=O) groups is 2. The molecular formula is C19H17N3O6. The van der Waals surface area contributed by atoms with Crippen molar-refractivity contribution >= 4 is 29.3 Å². The first-order chi connectivity index (χ1) is 13.3. The molecule has 0 atom stereocenters. The van der Waals surface area contributed by atoms with E-state index in [1.165, 1.54) is 12.1 Å². The summed E-state index contributed by atoms with van der Waals surface area (Å²) in [6, 6.07) is 9.42. The Morgan fingerprint density at radius 3 is 2.68 bits per heavy atom. The van der Waals surface area contributed by atoms with Gasteiger partial charge in [-0.3, -0.25) is 25.1 Å². The molecule has 1 saturated heterocycles. The summed E-state index contributed by atoms with van der Waals surface area (Å²) in [4.78, 5) is 35.4. The second kappa shape index (κ2) is 7.39. The second-order valence-corrected chi connectivity index (χ2v) is 6.06. The van der Waals surface area contributed by atoms with Gasteiger partial charge in [-0.15, -0.1) is 0 Å². The van der Waals surface area contributed by atoms with E-state index in [-0.39, 0.29) is 23.5 Å². The number of ether oxygens (including phenoxy) is 1. The molecule has 0 unspecified atom stereocenters. The van der Waals surface area contributed by atoms with Crippen LogP contribution < -0.4 is 15.2 Å². The van der Waals surface area contributed by atoms with Gasteiger partial charge < -0.3 is 9.84 Å². The van der Waals surface area contributed by atoms with Crippen molar-refractivity contribution < 1.29 is 24.4 Å². The van der Waals surface area contributed by atoms with Gasteiger partial charge in [0.05, 0.1) is 17.2 Å². The first-order valence-corrected chi connectivity index (χ1v) is 8.39. The van der Waals surface area contributed by atoms with Gasteiger partial charge >= 0.3 is 5.69 Å². The van der Waals surface area contributed by atoms with Gasteiger partial charge in [-0.05, 0) is 49.2 Å². The fourth-order valence-electron chi connectivity index (χ4n) is 2.77. The molecular weight excluding hydrogens is 366 g/mol. The molecule has 2 aromatic rings. The molecule has 3 rings (SSSR count). The lowest BCUT2D eigenvalue weighted by Crippen LogP contribution is -2.35. The number of hydrazine groups is 1. The lowest BCUT2D eigenvalue weighted by molar-refractivity contribution is -0.386. The average molecular weight is 383 g/mol. The molecule has 0 aromatic heterocycles.